The molecule has 3 aromatic rings. The summed E-state index contributed by atoms with van der Waals surface area (Å²) in [6.07, 6.45) is 5.33. The maximum absolute atomic E-state index is 11.1. The molecular formula is C30H34Cl2N6O4. The molecule has 5 heterocycles. The number of fused-ring (bicyclic) bond motifs is 1. The van der Waals surface area contributed by atoms with Crippen molar-refractivity contribution in [2.24, 2.45) is 5.92 Å². The number of hydrogen-bond acceptors (Lipinski definition) is 9. The molecule has 6 rings (SSSR count). The number of carbonyl (C=O) groups is 1. The van der Waals surface area contributed by atoms with Crippen LogP contribution in [0.25, 0.3) is 11.3 Å². The Bertz CT molecular complexity index is 1380. The van der Waals surface area contributed by atoms with Crippen LogP contribution in [0.5, 0.6) is 11.6 Å². The Morgan fingerprint density at radius 1 is 1.00 bits per heavy atom. The smallest absolute Gasteiger partial charge is 0.303 e. The van der Waals surface area contributed by atoms with E-state index in [9.17, 15) is 4.79 Å². The topological polar surface area (TPSA) is 104 Å². The third-order valence-electron chi connectivity index (χ3n) is 8.15. The summed E-state index contributed by atoms with van der Waals surface area (Å²) in [6, 6.07) is 9.66. The number of anilines is 1. The van der Waals surface area contributed by atoms with E-state index in [-0.39, 0.29) is 12.3 Å². The van der Waals surface area contributed by atoms with Gasteiger partial charge in [0.05, 0.1) is 37.3 Å². The van der Waals surface area contributed by atoms with Crippen molar-refractivity contribution >= 4 is 35.1 Å². The number of piperidine rings is 1. The van der Waals surface area contributed by atoms with Gasteiger partial charge in [0.25, 0.3) is 0 Å². The fraction of sp³-hybridized carbons (Fsp3) is 0.467. The van der Waals surface area contributed by atoms with Gasteiger partial charge in [-0.05, 0) is 61.7 Å². The van der Waals surface area contributed by atoms with Crippen molar-refractivity contribution in [2.75, 3.05) is 57.4 Å². The fourth-order valence-corrected chi connectivity index (χ4v) is 6.51. The number of halogens is 2. The highest BCUT2D eigenvalue weighted by Crippen LogP contribution is 2.31. The molecule has 0 bridgehead atoms. The molecule has 1 N–H and O–H groups in total. The van der Waals surface area contributed by atoms with E-state index < -0.39 is 5.97 Å². The van der Waals surface area contributed by atoms with Crippen molar-refractivity contribution in [1.82, 2.24) is 24.8 Å². The molecule has 3 fully saturated rings. The van der Waals surface area contributed by atoms with Gasteiger partial charge >= 0.3 is 5.97 Å². The molecule has 10 nitrogen and oxygen atoms in total. The van der Waals surface area contributed by atoms with Crippen molar-refractivity contribution < 1.29 is 19.4 Å². The zero-order valence-corrected chi connectivity index (χ0v) is 24.8. The second-order valence-corrected chi connectivity index (χ2v) is 12.1. The number of piperazine rings is 1. The maximum atomic E-state index is 11.1. The SMILES string of the molecule is O=C(O)CC1CCN(Cc2cc(Oc3cnc(N4CCN5CCOCC5C4)nc3)nc(-c3cc(Cl)cc(Cl)c3)c2)CC1. The molecular weight excluding hydrogens is 579 g/mol. The van der Waals surface area contributed by atoms with E-state index in [2.05, 4.69) is 24.7 Å². The first-order valence-corrected chi connectivity index (χ1v) is 15.1. The molecule has 12 heteroatoms. The fourth-order valence-electron chi connectivity index (χ4n) is 5.98. The lowest BCUT2D eigenvalue weighted by molar-refractivity contribution is -0.138. The number of carboxylic acids is 1. The first kappa shape index (κ1) is 29.1. The molecule has 1 aromatic carbocycles. The summed E-state index contributed by atoms with van der Waals surface area (Å²) in [7, 11) is 0. The van der Waals surface area contributed by atoms with Crippen LogP contribution in [0.4, 0.5) is 5.95 Å². The highest BCUT2D eigenvalue weighted by Gasteiger charge is 2.30. The Labute approximate surface area is 255 Å². The van der Waals surface area contributed by atoms with E-state index in [0.717, 1.165) is 76.5 Å². The van der Waals surface area contributed by atoms with Crippen molar-refractivity contribution in [3.05, 3.63) is 58.3 Å². The van der Waals surface area contributed by atoms with Gasteiger partial charge in [-0.3, -0.25) is 14.6 Å². The molecule has 222 valence electrons. The van der Waals surface area contributed by atoms with E-state index in [0.29, 0.717) is 45.9 Å². The number of aromatic nitrogens is 3. The number of ether oxygens (including phenoxy) is 2. The summed E-state index contributed by atoms with van der Waals surface area (Å²) >= 11 is 12.6. The van der Waals surface area contributed by atoms with Gasteiger partial charge in [-0.1, -0.05) is 23.2 Å². The van der Waals surface area contributed by atoms with Crippen molar-refractivity contribution in [3.8, 4) is 22.9 Å². The Hall–Kier alpha value is -3.02. The molecule has 0 aliphatic carbocycles. The molecule has 3 aliphatic rings. The number of carboxylic acid groups (broad SMARTS) is 1. The first-order valence-electron chi connectivity index (χ1n) is 14.4. The summed E-state index contributed by atoms with van der Waals surface area (Å²) in [5.41, 5.74) is 2.50. The number of nitrogens with zero attached hydrogens (tertiary/aromatic N) is 6. The third kappa shape index (κ3) is 7.30. The van der Waals surface area contributed by atoms with Crippen LogP contribution < -0.4 is 9.64 Å². The Morgan fingerprint density at radius 3 is 2.50 bits per heavy atom. The molecule has 0 saturated carbocycles. The number of pyridine rings is 1. The number of rotatable bonds is 8. The molecule has 1 atom stereocenters. The highest BCUT2D eigenvalue weighted by molar-refractivity contribution is 6.35. The van der Waals surface area contributed by atoms with E-state index in [1.165, 1.54) is 0 Å². The van der Waals surface area contributed by atoms with E-state index in [1.807, 2.05) is 24.3 Å². The van der Waals surface area contributed by atoms with Gasteiger partial charge in [0.15, 0.2) is 5.75 Å². The molecule has 3 saturated heterocycles. The van der Waals surface area contributed by atoms with Gasteiger partial charge in [0.1, 0.15) is 0 Å². The molecule has 0 amide bonds. The second kappa shape index (κ2) is 13.1. The van der Waals surface area contributed by atoms with Gasteiger partial charge < -0.3 is 19.5 Å². The molecule has 0 spiro atoms. The third-order valence-corrected chi connectivity index (χ3v) is 8.59. The van der Waals surface area contributed by atoms with Gasteiger partial charge in [0.2, 0.25) is 11.8 Å². The van der Waals surface area contributed by atoms with Crippen LogP contribution in [0.15, 0.2) is 42.7 Å². The van der Waals surface area contributed by atoms with Gasteiger partial charge in [-0.15, -0.1) is 0 Å². The summed E-state index contributed by atoms with van der Waals surface area (Å²) in [5.74, 6) is 1.08. The lowest BCUT2D eigenvalue weighted by Gasteiger charge is -2.43. The second-order valence-electron chi connectivity index (χ2n) is 11.2. The molecule has 0 radical (unpaired) electrons. The van der Waals surface area contributed by atoms with Crippen LogP contribution >= 0.6 is 23.2 Å². The summed E-state index contributed by atoms with van der Waals surface area (Å²) in [5, 5.41) is 10.2. The van der Waals surface area contributed by atoms with Gasteiger partial charge in [-0.25, -0.2) is 15.0 Å². The van der Waals surface area contributed by atoms with E-state index in [1.54, 1.807) is 18.5 Å². The molecule has 2 aromatic heterocycles. The van der Waals surface area contributed by atoms with E-state index >= 15 is 0 Å². The molecule has 1 unspecified atom stereocenters. The summed E-state index contributed by atoms with van der Waals surface area (Å²) < 4.78 is 11.9. The Balaban J connectivity index is 1.18. The maximum Gasteiger partial charge on any atom is 0.303 e. The van der Waals surface area contributed by atoms with Crippen LogP contribution in [0.2, 0.25) is 10.0 Å². The zero-order valence-electron chi connectivity index (χ0n) is 23.3. The lowest BCUT2D eigenvalue weighted by Crippen LogP contribution is -2.58. The minimum atomic E-state index is -0.729. The number of morpholine rings is 1. The summed E-state index contributed by atoms with van der Waals surface area (Å²) in [4.78, 5) is 32.1. The molecule has 3 aliphatic heterocycles. The van der Waals surface area contributed by atoms with Gasteiger partial charge in [-0.2, -0.15) is 0 Å². The quantitative estimate of drug-likeness (QED) is 0.380. The Morgan fingerprint density at radius 2 is 1.76 bits per heavy atom. The van der Waals surface area contributed by atoms with Crippen molar-refractivity contribution in [1.29, 1.82) is 0 Å². The minimum Gasteiger partial charge on any atom is -0.481 e. The van der Waals surface area contributed by atoms with Crippen LogP contribution in [-0.2, 0) is 16.1 Å². The van der Waals surface area contributed by atoms with Crippen molar-refractivity contribution in [3.63, 3.8) is 0 Å². The van der Waals surface area contributed by atoms with Crippen LogP contribution in [0.3, 0.4) is 0 Å². The van der Waals surface area contributed by atoms with Crippen LogP contribution in [0.1, 0.15) is 24.8 Å². The largest absolute Gasteiger partial charge is 0.481 e. The first-order chi connectivity index (χ1) is 20.4. The summed E-state index contributed by atoms with van der Waals surface area (Å²) in [6.45, 7) is 7.56. The number of aliphatic carboxylic acids is 1. The lowest BCUT2D eigenvalue weighted by atomic mass is 9.93. The average molecular weight is 614 g/mol. The van der Waals surface area contributed by atoms with Gasteiger partial charge in [0, 0.05) is 60.8 Å². The van der Waals surface area contributed by atoms with Crippen LogP contribution in [-0.4, -0.2) is 94.4 Å². The Kier molecular flexibility index (Phi) is 9.06. The predicted octanol–water partition coefficient (Wildman–Crippen LogP) is 4.85. The normalized spacial score (nSPS) is 20.3. The zero-order chi connectivity index (χ0) is 29.1. The minimum absolute atomic E-state index is 0.224. The number of benzene rings is 1. The highest BCUT2D eigenvalue weighted by atomic mass is 35.5. The number of likely N-dealkylation sites (tertiary alicyclic amines) is 1. The van der Waals surface area contributed by atoms with Crippen LogP contribution in [0, 0.1) is 5.92 Å². The molecule has 42 heavy (non-hydrogen) atoms. The number of hydrogen-bond donors (Lipinski definition) is 1. The average Bonchev–Trinajstić information content (AvgIpc) is 2.97. The standard InChI is InChI=1S/C30H34Cl2N6O4/c31-23-12-22(13-24(32)14-23)27-9-21(17-36-3-1-20(2-4-36)11-29(39)40)10-28(35-27)42-26-15-33-30(34-16-26)38-6-5-37-7-8-41-19-25(37)18-38/h9-10,12-16,20,25H,1-8,11,17-19H2,(H,39,40). The van der Waals surface area contributed by atoms with E-state index in [4.69, 9.17) is 42.8 Å². The monoisotopic (exact) mass is 612 g/mol. The van der Waals surface area contributed by atoms with Crippen molar-refractivity contribution in [2.45, 2.75) is 31.8 Å². The predicted molar refractivity (Wildman–Crippen MR) is 160 cm³/mol.